The van der Waals surface area contributed by atoms with E-state index in [1.165, 1.54) is 12.1 Å². The van der Waals surface area contributed by atoms with Crippen LogP contribution in [0, 0.1) is 0 Å². The number of hydrogen-bond donors (Lipinski definition) is 2. The Kier molecular flexibility index (Phi) is 5.30. The van der Waals surface area contributed by atoms with Gasteiger partial charge < -0.3 is 5.32 Å². The minimum Gasteiger partial charge on any atom is -0.325 e. The van der Waals surface area contributed by atoms with E-state index in [0.29, 0.717) is 6.42 Å². The first-order valence-electron chi connectivity index (χ1n) is 5.87. The summed E-state index contributed by atoms with van der Waals surface area (Å²) < 4.78 is 22.6. The van der Waals surface area contributed by atoms with E-state index in [9.17, 15) is 13.2 Å². The number of unbranched alkanes of at least 4 members (excludes halogenated alkanes) is 2. The van der Waals surface area contributed by atoms with Crippen molar-refractivity contribution in [2.24, 2.45) is 5.14 Å². The topological polar surface area (TPSA) is 89.3 Å². The summed E-state index contributed by atoms with van der Waals surface area (Å²) >= 11 is 0. The van der Waals surface area contributed by atoms with Crippen LogP contribution >= 0.6 is 0 Å². The molecule has 0 spiro atoms. The van der Waals surface area contributed by atoms with Gasteiger partial charge in [0.2, 0.25) is 15.9 Å². The number of amides is 1. The molecule has 0 saturated carbocycles. The molecular formula is C12H18N2O3S. The van der Waals surface area contributed by atoms with Gasteiger partial charge in [-0.15, -0.1) is 0 Å². The second-order valence-corrected chi connectivity index (χ2v) is 5.58. The molecule has 1 rings (SSSR count). The third kappa shape index (κ3) is 4.46. The number of nitrogens with two attached hydrogens (primary N) is 1. The number of anilines is 1. The van der Waals surface area contributed by atoms with Gasteiger partial charge in [0.25, 0.3) is 0 Å². The van der Waals surface area contributed by atoms with Crippen molar-refractivity contribution in [2.75, 3.05) is 5.32 Å². The van der Waals surface area contributed by atoms with Gasteiger partial charge in [-0.05, 0) is 18.6 Å². The van der Waals surface area contributed by atoms with E-state index in [2.05, 4.69) is 5.32 Å². The minimum atomic E-state index is -3.82. The van der Waals surface area contributed by atoms with E-state index in [1.54, 1.807) is 12.1 Å². The lowest BCUT2D eigenvalue weighted by Crippen LogP contribution is -2.18. The van der Waals surface area contributed by atoms with Crippen molar-refractivity contribution < 1.29 is 13.2 Å². The zero-order valence-corrected chi connectivity index (χ0v) is 11.2. The maximum absolute atomic E-state index is 11.6. The highest BCUT2D eigenvalue weighted by Crippen LogP contribution is 2.19. The van der Waals surface area contributed by atoms with E-state index in [1.807, 2.05) is 6.92 Å². The summed E-state index contributed by atoms with van der Waals surface area (Å²) in [7, 11) is -3.82. The number of para-hydroxylation sites is 1. The molecule has 6 heteroatoms. The molecule has 0 heterocycles. The van der Waals surface area contributed by atoms with Crippen LogP contribution < -0.4 is 10.5 Å². The summed E-state index contributed by atoms with van der Waals surface area (Å²) in [6.45, 7) is 2.05. The van der Waals surface area contributed by atoms with Gasteiger partial charge in [-0.2, -0.15) is 0 Å². The van der Waals surface area contributed by atoms with Crippen LogP contribution in [0.25, 0.3) is 0 Å². The van der Waals surface area contributed by atoms with E-state index in [-0.39, 0.29) is 16.5 Å². The van der Waals surface area contributed by atoms with Gasteiger partial charge in [0.1, 0.15) is 4.90 Å². The summed E-state index contributed by atoms with van der Waals surface area (Å²) in [5.41, 5.74) is 0.237. The molecule has 1 amide bonds. The normalized spacial score (nSPS) is 11.2. The summed E-state index contributed by atoms with van der Waals surface area (Å²) in [5.74, 6) is -0.195. The quantitative estimate of drug-likeness (QED) is 0.773. The van der Waals surface area contributed by atoms with E-state index >= 15 is 0 Å². The van der Waals surface area contributed by atoms with Gasteiger partial charge in [-0.25, -0.2) is 13.6 Å². The number of sulfonamides is 1. The van der Waals surface area contributed by atoms with Gasteiger partial charge in [-0.1, -0.05) is 31.9 Å². The summed E-state index contributed by atoms with van der Waals surface area (Å²) in [5, 5.41) is 7.65. The molecule has 0 aromatic heterocycles. The Bertz CT molecular complexity index is 512. The van der Waals surface area contributed by atoms with Gasteiger partial charge in [-0.3, -0.25) is 4.79 Å². The van der Waals surface area contributed by atoms with Gasteiger partial charge in [0.05, 0.1) is 5.69 Å². The highest BCUT2D eigenvalue weighted by atomic mass is 32.2. The first-order valence-corrected chi connectivity index (χ1v) is 7.41. The van der Waals surface area contributed by atoms with Crippen molar-refractivity contribution in [1.82, 2.24) is 0 Å². The van der Waals surface area contributed by atoms with E-state index in [4.69, 9.17) is 5.14 Å². The van der Waals surface area contributed by atoms with Crippen LogP contribution in [-0.4, -0.2) is 14.3 Å². The van der Waals surface area contributed by atoms with E-state index in [0.717, 1.165) is 19.3 Å². The SMILES string of the molecule is CCCCCC(=O)Nc1ccccc1S(N)(=O)=O. The predicted octanol–water partition coefficient (Wildman–Crippen LogP) is 1.85. The van der Waals surface area contributed by atoms with Crippen molar-refractivity contribution in [1.29, 1.82) is 0 Å². The molecule has 1 aromatic carbocycles. The number of carbonyl (C=O) groups is 1. The fraction of sp³-hybridized carbons (Fsp3) is 0.417. The third-order valence-corrected chi connectivity index (χ3v) is 3.44. The Morgan fingerprint density at radius 3 is 2.56 bits per heavy atom. The first-order chi connectivity index (χ1) is 8.45. The molecule has 0 fully saturated rings. The molecule has 0 aliphatic carbocycles. The summed E-state index contributed by atoms with van der Waals surface area (Å²) in [6.07, 6.45) is 3.18. The summed E-state index contributed by atoms with van der Waals surface area (Å²) in [6, 6.07) is 6.11. The van der Waals surface area contributed by atoms with Crippen LogP contribution in [0.2, 0.25) is 0 Å². The lowest BCUT2D eigenvalue weighted by Gasteiger charge is -2.09. The number of rotatable bonds is 6. The standard InChI is InChI=1S/C12H18N2O3S/c1-2-3-4-9-12(15)14-10-7-5-6-8-11(10)18(13,16)17/h5-8H,2-4,9H2,1H3,(H,14,15)(H2,13,16,17). The van der Waals surface area contributed by atoms with Crippen LogP contribution in [0.15, 0.2) is 29.2 Å². The monoisotopic (exact) mass is 270 g/mol. The Balaban J connectivity index is 2.76. The molecule has 0 aliphatic rings. The molecule has 0 unspecified atom stereocenters. The number of carbonyl (C=O) groups excluding carboxylic acids is 1. The van der Waals surface area contributed by atoms with Gasteiger partial charge >= 0.3 is 0 Å². The minimum absolute atomic E-state index is 0.0613. The number of benzene rings is 1. The number of nitrogens with one attached hydrogen (secondary N) is 1. The maximum Gasteiger partial charge on any atom is 0.240 e. The smallest absolute Gasteiger partial charge is 0.240 e. The molecule has 0 bridgehead atoms. The van der Waals surface area contributed by atoms with Gasteiger partial charge in [0.15, 0.2) is 0 Å². The van der Waals surface area contributed by atoms with Crippen molar-refractivity contribution in [3.05, 3.63) is 24.3 Å². The fourth-order valence-corrected chi connectivity index (χ4v) is 2.26. The van der Waals surface area contributed by atoms with Crippen LogP contribution in [0.5, 0.6) is 0 Å². The third-order valence-electron chi connectivity index (χ3n) is 2.48. The predicted molar refractivity (Wildman–Crippen MR) is 70.6 cm³/mol. The highest BCUT2D eigenvalue weighted by molar-refractivity contribution is 7.89. The summed E-state index contributed by atoms with van der Waals surface area (Å²) in [4.78, 5) is 11.6. The average molecular weight is 270 g/mol. The maximum atomic E-state index is 11.6. The second kappa shape index (κ2) is 6.51. The largest absolute Gasteiger partial charge is 0.325 e. The fourth-order valence-electron chi connectivity index (χ4n) is 1.57. The molecule has 0 aliphatic heterocycles. The Hall–Kier alpha value is -1.40. The second-order valence-electron chi connectivity index (χ2n) is 4.05. The van der Waals surface area contributed by atoms with E-state index < -0.39 is 10.0 Å². The molecule has 0 atom stereocenters. The molecule has 18 heavy (non-hydrogen) atoms. The lowest BCUT2D eigenvalue weighted by molar-refractivity contribution is -0.116. The van der Waals surface area contributed by atoms with Crippen molar-refractivity contribution in [3.8, 4) is 0 Å². The average Bonchev–Trinajstić information content (AvgIpc) is 2.28. The van der Waals surface area contributed by atoms with Crippen LogP contribution in [0.4, 0.5) is 5.69 Å². The van der Waals surface area contributed by atoms with Crippen LogP contribution in [0.1, 0.15) is 32.6 Å². The zero-order valence-electron chi connectivity index (χ0n) is 10.3. The first kappa shape index (κ1) is 14.7. The highest BCUT2D eigenvalue weighted by Gasteiger charge is 2.14. The van der Waals surface area contributed by atoms with Gasteiger partial charge in [0, 0.05) is 6.42 Å². The molecular weight excluding hydrogens is 252 g/mol. The Morgan fingerprint density at radius 1 is 1.28 bits per heavy atom. The number of primary sulfonamides is 1. The molecule has 3 N–H and O–H groups in total. The number of hydrogen-bond acceptors (Lipinski definition) is 3. The Labute approximate surface area is 107 Å². The van der Waals surface area contributed by atoms with Crippen LogP contribution in [0.3, 0.4) is 0 Å². The zero-order chi connectivity index (χ0) is 13.6. The molecule has 100 valence electrons. The van der Waals surface area contributed by atoms with Crippen LogP contribution in [-0.2, 0) is 14.8 Å². The molecule has 5 nitrogen and oxygen atoms in total. The molecule has 0 saturated heterocycles. The molecule has 0 radical (unpaired) electrons. The van der Waals surface area contributed by atoms with Crippen molar-refractivity contribution >= 4 is 21.6 Å². The lowest BCUT2D eigenvalue weighted by atomic mass is 10.2. The molecule has 1 aromatic rings. The van der Waals surface area contributed by atoms with Crippen molar-refractivity contribution in [2.45, 2.75) is 37.5 Å². The Morgan fingerprint density at radius 2 is 1.94 bits per heavy atom. The van der Waals surface area contributed by atoms with Crippen molar-refractivity contribution in [3.63, 3.8) is 0 Å².